The third kappa shape index (κ3) is 4.20. The van der Waals surface area contributed by atoms with Crippen LogP contribution in [0.15, 0.2) is 24.3 Å². The van der Waals surface area contributed by atoms with Gasteiger partial charge in [0.2, 0.25) is 0 Å². The molecule has 1 heterocycles. The number of amides is 1. The average Bonchev–Trinajstić information content (AvgIpc) is 2.47. The molecule has 1 aliphatic heterocycles. The van der Waals surface area contributed by atoms with Gasteiger partial charge in [0, 0.05) is 26.2 Å². The van der Waals surface area contributed by atoms with E-state index in [0.717, 1.165) is 38.0 Å². The number of benzene rings is 1. The standard InChI is InChI=1S/C15H21FN2O2/c1-20-15(19)18-10-8-17(9-11-18)7-3-5-13-4-2-6-14(16)12-13/h2,4,6,12H,3,5,7-11H2,1H3. The van der Waals surface area contributed by atoms with Crippen LogP contribution in [0.25, 0.3) is 0 Å². The molecule has 0 unspecified atom stereocenters. The van der Waals surface area contributed by atoms with E-state index in [1.165, 1.54) is 13.2 Å². The van der Waals surface area contributed by atoms with Crippen LogP contribution in [0.1, 0.15) is 12.0 Å². The number of nitrogens with zero attached hydrogens (tertiary/aromatic N) is 2. The van der Waals surface area contributed by atoms with E-state index in [0.29, 0.717) is 13.1 Å². The first kappa shape index (κ1) is 14.8. The van der Waals surface area contributed by atoms with Crippen molar-refractivity contribution in [2.24, 2.45) is 0 Å². The summed E-state index contributed by atoms with van der Waals surface area (Å²) in [5.74, 6) is -0.172. The lowest BCUT2D eigenvalue weighted by Gasteiger charge is -2.33. The van der Waals surface area contributed by atoms with Gasteiger partial charge in [-0.2, -0.15) is 0 Å². The second-order valence-corrected chi connectivity index (χ2v) is 5.03. The van der Waals surface area contributed by atoms with Crippen molar-refractivity contribution in [1.29, 1.82) is 0 Å². The van der Waals surface area contributed by atoms with Crippen molar-refractivity contribution in [2.75, 3.05) is 39.8 Å². The molecule has 1 aliphatic rings. The minimum Gasteiger partial charge on any atom is -0.453 e. The number of aryl methyl sites for hydroxylation is 1. The van der Waals surface area contributed by atoms with Crippen molar-refractivity contribution in [3.8, 4) is 0 Å². The maximum atomic E-state index is 13.0. The van der Waals surface area contributed by atoms with Gasteiger partial charge in [-0.25, -0.2) is 9.18 Å². The molecule has 20 heavy (non-hydrogen) atoms. The highest BCUT2D eigenvalue weighted by Crippen LogP contribution is 2.08. The van der Waals surface area contributed by atoms with Crippen LogP contribution in [0.4, 0.5) is 9.18 Å². The van der Waals surface area contributed by atoms with Crippen LogP contribution >= 0.6 is 0 Å². The molecule has 0 radical (unpaired) electrons. The summed E-state index contributed by atoms with van der Waals surface area (Å²) in [6.07, 6.45) is 1.64. The maximum Gasteiger partial charge on any atom is 0.409 e. The van der Waals surface area contributed by atoms with Gasteiger partial charge >= 0.3 is 6.09 Å². The van der Waals surface area contributed by atoms with Crippen molar-refractivity contribution < 1.29 is 13.9 Å². The Bertz CT molecular complexity index is 445. The fourth-order valence-electron chi connectivity index (χ4n) is 2.48. The summed E-state index contributed by atoms with van der Waals surface area (Å²) in [6.45, 7) is 4.15. The Kier molecular flexibility index (Phi) is 5.35. The summed E-state index contributed by atoms with van der Waals surface area (Å²) >= 11 is 0. The highest BCUT2D eigenvalue weighted by molar-refractivity contribution is 5.67. The minimum atomic E-state index is -0.246. The number of rotatable bonds is 4. The Morgan fingerprint density at radius 3 is 2.70 bits per heavy atom. The number of halogens is 1. The van der Waals surface area contributed by atoms with Crippen LogP contribution in [0.5, 0.6) is 0 Å². The Morgan fingerprint density at radius 1 is 1.30 bits per heavy atom. The predicted molar refractivity (Wildman–Crippen MR) is 75.1 cm³/mol. The monoisotopic (exact) mass is 280 g/mol. The molecule has 0 N–H and O–H groups in total. The van der Waals surface area contributed by atoms with Gasteiger partial charge in [-0.3, -0.25) is 4.90 Å². The van der Waals surface area contributed by atoms with Gasteiger partial charge in [-0.15, -0.1) is 0 Å². The quantitative estimate of drug-likeness (QED) is 0.847. The van der Waals surface area contributed by atoms with Crippen molar-refractivity contribution in [3.05, 3.63) is 35.6 Å². The highest BCUT2D eigenvalue weighted by atomic mass is 19.1. The molecule has 0 spiro atoms. The van der Waals surface area contributed by atoms with Gasteiger partial charge in [0.15, 0.2) is 0 Å². The zero-order valence-corrected chi connectivity index (χ0v) is 11.8. The molecule has 0 atom stereocenters. The largest absolute Gasteiger partial charge is 0.453 e. The minimum absolute atomic E-state index is 0.172. The van der Waals surface area contributed by atoms with E-state index >= 15 is 0 Å². The van der Waals surface area contributed by atoms with Gasteiger partial charge in [0.1, 0.15) is 5.82 Å². The molecule has 0 aliphatic carbocycles. The molecule has 1 fully saturated rings. The van der Waals surface area contributed by atoms with Crippen molar-refractivity contribution in [1.82, 2.24) is 9.80 Å². The Morgan fingerprint density at radius 2 is 2.05 bits per heavy atom. The molecule has 2 rings (SSSR count). The third-order valence-electron chi connectivity index (χ3n) is 3.63. The van der Waals surface area contributed by atoms with E-state index in [2.05, 4.69) is 4.90 Å². The van der Waals surface area contributed by atoms with Crippen molar-refractivity contribution in [3.63, 3.8) is 0 Å². The lowest BCUT2D eigenvalue weighted by atomic mass is 10.1. The summed E-state index contributed by atoms with van der Waals surface area (Å²) in [6, 6.07) is 6.77. The second kappa shape index (κ2) is 7.24. The highest BCUT2D eigenvalue weighted by Gasteiger charge is 2.20. The molecule has 1 aromatic rings. The van der Waals surface area contributed by atoms with Crippen LogP contribution < -0.4 is 0 Å². The van der Waals surface area contributed by atoms with Crippen molar-refractivity contribution >= 4 is 6.09 Å². The molecular formula is C15H21FN2O2. The fraction of sp³-hybridized carbons (Fsp3) is 0.533. The number of piperazine rings is 1. The number of hydrogen-bond acceptors (Lipinski definition) is 3. The summed E-state index contributed by atoms with van der Waals surface area (Å²) in [5, 5.41) is 0. The zero-order valence-electron chi connectivity index (χ0n) is 11.8. The lowest BCUT2D eigenvalue weighted by Crippen LogP contribution is -2.48. The van der Waals surface area contributed by atoms with E-state index in [4.69, 9.17) is 4.74 Å². The predicted octanol–water partition coefficient (Wildman–Crippen LogP) is 2.14. The van der Waals surface area contributed by atoms with E-state index in [1.807, 2.05) is 6.07 Å². The van der Waals surface area contributed by atoms with Gasteiger partial charge in [-0.1, -0.05) is 12.1 Å². The Labute approximate surface area is 119 Å². The molecule has 4 nitrogen and oxygen atoms in total. The molecule has 0 bridgehead atoms. The number of carbonyl (C=O) groups is 1. The molecular weight excluding hydrogens is 259 g/mol. The van der Waals surface area contributed by atoms with Gasteiger partial charge in [0.05, 0.1) is 7.11 Å². The number of methoxy groups -OCH3 is 1. The Hall–Kier alpha value is -1.62. The van der Waals surface area contributed by atoms with Crippen LogP contribution in [0.2, 0.25) is 0 Å². The molecule has 1 saturated heterocycles. The molecule has 1 amide bonds. The topological polar surface area (TPSA) is 32.8 Å². The van der Waals surface area contributed by atoms with E-state index in [1.54, 1.807) is 17.0 Å². The molecule has 110 valence electrons. The first-order valence-electron chi connectivity index (χ1n) is 6.99. The van der Waals surface area contributed by atoms with Gasteiger partial charge in [-0.05, 0) is 37.1 Å². The average molecular weight is 280 g/mol. The SMILES string of the molecule is COC(=O)N1CCN(CCCc2cccc(F)c2)CC1. The van der Waals surface area contributed by atoms with Crippen molar-refractivity contribution in [2.45, 2.75) is 12.8 Å². The zero-order chi connectivity index (χ0) is 14.4. The van der Waals surface area contributed by atoms with Gasteiger partial charge < -0.3 is 9.64 Å². The number of hydrogen-bond donors (Lipinski definition) is 0. The van der Waals surface area contributed by atoms with Gasteiger partial charge in [0.25, 0.3) is 0 Å². The number of ether oxygens (including phenoxy) is 1. The summed E-state index contributed by atoms with van der Waals surface area (Å²) < 4.78 is 17.7. The first-order chi connectivity index (χ1) is 9.69. The summed E-state index contributed by atoms with van der Waals surface area (Å²) in [7, 11) is 1.41. The first-order valence-corrected chi connectivity index (χ1v) is 6.99. The number of carbonyl (C=O) groups excluding carboxylic acids is 1. The van der Waals surface area contributed by atoms with Crippen LogP contribution in [-0.2, 0) is 11.2 Å². The maximum absolute atomic E-state index is 13.0. The fourth-order valence-corrected chi connectivity index (χ4v) is 2.48. The van der Waals surface area contributed by atoms with E-state index in [9.17, 15) is 9.18 Å². The third-order valence-corrected chi connectivity index (χ3v) is 3.63. The summed E-state index contributed by atoms with van der Waals surface area (Å²) in [4.78, 5) is 15.4. The van der Waals surface area contributed by atoms with Crippen LogP contribution in [0, 0.1) is 5.82 Å². The summed E-state index contributed by atoms with van der Waals surface area (Å²) in [5.41, 5.74) is 1.04. The van der Waals surface area contributed by atoms with Crippen LogP contribution in [-0.4, -0.2) is 55.7 Å². The smallest absolute Gasteiger partial charge is 0.409 e. The molecule has 0 aromatic heterocycles. The second-order valence-electron chi connectivity index (χ2n) is 5.03. The molecule has 5 heteroatoms. The van der Waals surface area contributed by atoms with Crippen LogP contribution in [0.3, 0.4) is 0 Å². The molecule has 0 saturated carbocycles. The lowest BCUT2D eigenvalue weighted by molar-refractivity contribution is 0.0907. The normalized spacial score (nSPS) is 16.2. The van der Waals surface area contributed by atoms with E-state index in [-0.39, 0.29) is 11.9 Å². The van der Waals surface area contributed by atoms with E-state index < -0.39 is 0 Å². The Balaban J connectivity index is 1.67. The molecule has 1 aromatic carbocycles.